The molecule has 1 saturated heterocycles. The molecule has 2 N–H and O–H groups in total. The van der Waals surface area contributed by atoms with E-state index in [1.165, 1.54) is 0 Å². The number of likely N-dealkylation sites (tertiary alicyclic amines) is 1. The number of carbonyl (C=O) groups is 2. The van der Waals surface area contributed by atoms with Gasteiger partial charge in [-0.2, -0.15) is 0 Å². The minimum absolute atomic E-state index is 0.00166. The number of benzene rings is 1. The molecule has 0 aromatic heterocycles. The van der Waals surface area contributed by atoms with Gasteiger partial charge in [-0.25, -0.2) is 0 Å². The Kier molecular flexibility index (Phi) is 5.20. The Morgan fingerprint density at radius 1 is 1.29 bits per heavy atom. The molecule has 0 aliphatic carbocycles. The van der Waals surface area contributed by atoms with Gasteiger partial charge in [-0.1, -0.05) is 17.7 Å². The van der Waals surface area contributed by atoms with E-state index in [9.17, 15) is 9.59 Å². The van der Waals surface area contributed by atoms with Crippen LogP contribution in [-0.4, -0.2) is 35.9 Å². The van der Waals surface area contributed by atoms with Crippen molar-refractivity contribution in [3.63, 3.8) is 0 Å². The first-order valence-electron chi connectivity index (χ1n) is 7.33. The Balaban J connectivity index is 1.91. The topological polar surface area (TPSA) is 72.6 Å². The first-order chi connectivity index (χ1) is 10.1. The van der Waals surface area contributed by atoms with Gasteiger partial charge in [0.15, 0.2) is 6.61 Å². The average Bonchev–Trinajstić information content (AvgIpc) is 2.46. The van der Waals surface area contributed by atoms with Gasteiger partial charge < -0.3 is 15.4 Å². The molecule has 1 aromatic carbocycles. The molecule has 1 aromatic rings. The second-order valence-corrected chi connectivity index (χ2v) is 5.51. The number of primary amides is 1. The van der Waals surface area contributed by atoms with Crippen molar-refractivity contribution in [2.24, 2.45) is 5.73 Å². The summed E-state index contributed by atoms with van der Waals surface area (Å²) in [6.45, 7) is 2.67. The second-order valence-electron chi connectivity index (χ2n) is 5.51. The van der Waals surface area contributed by atoms with Crippen LogP contribution in [0.2, 0.25) is 0 Å². The minimum atomic E-state index is -0.362. The number of nitrogens with zero attached hydrogens (tertiary/aromatic N) is 1. The first kappa shape index (κ1) is 15.4. The number of amides is 2. The van der Waals surface area contributed by atoms with E-state index in [0.29, 0.717) is 12.3 Å². The maximum Gasteiger partial charge on any atom is 0.260 e. The number of ether oxygens (including phenoxy) is 1. The van der Waals surface area contributed by atoms with Crippen molar-refractivity contribution in [2.75, 3.05) is 13.2 Å². The Bertz CT molecular complexity index is 499. The van der Waals surface area contributed by atoms with E-state index in [0.717, 1.165) is 24.8 Å². The van der Waals surface area contributed by atoms with Crippen molar-refractivity contribution in [3.8, 4) is 5.75 Å². The number of aryl methyl sites for hydroxylation is 1. The number of nitrogens with two attached hydrogens (primary N) is 1. The first-order valence-corrected chi connectivity index (χ1v) is 7.33. The zero-order valence-electron chi connectivity index (χ0n) is 12.4. The van der Waals surface area contributed by atoms with Gasteiger partial charge in [-0.05, 0) is 38.3 Å². The lowest BCUT2D eigenvalue weighted by atomic mass is 9.99. The van der Waals surface area contributed by atoms with Crippen molar-refractivity contribution in [1.82, 2.24) is 4.90 Å². The lowest BCUT2D eigenvalue weighted by Crippen LogP contribution is -2.47. The highest BCUT2D eigenvalue weighted by Gasteiger charge is 2.27. The molecular weight excluding hydrogens is 268 g/mol. The smallest absolute Gasteiger partial charge is 0.260 e. The molecule has 1 unspecified atom stereocenters. The van der Waals surface area contributed by atoms with E-state index in [1.54, 1.807) is 4.90 Å². The van der Waals surface area contributed by atoms with E-state index < -0.39 is 0 Å². The molecule has 0 bridgehead atoms. The van der Waals surface area contributed by atoms with Crippen LogP contribution < -0.4 is 10.5 Å². The number of carbonyl (C=O) groups excluding carboxylic acids is 2. The van der Waals surface area contributed by atoms with Gasteiger partial charge in [0.05, 0.1) is 0 Å². The predicted octanol–water partition coefficient (Wildman–Crippen LogP) is 1.63. The van der Waals surface area contributed by atoms with Gasteiger partial charge in [0, 0.05) is 19.0 Å². The molecule has 1 atom stereocenters. The SMILES string of the molecule is Cc1ccc(OCC(=O)N2CCCCC2CC(N)=O)cc1. The summed E-state index contributed by atoms with van der Waals surface area (Å²) in [5.41, 5.74) is 6.40. The molecule has 5 heteroatoms. The van der Waals surface area contributed by atoms with Crippen LogP contribution in [0.3, 0.4) is 0 Å². The lowest BCUT2D eigenvalue weighted by Gasteiger charge is -2.35. The molecule has 0 saturated carbocycles. The fraction of sp³-hybridized carbons (Fsp3) is 0.500. The largest absolute Gasteiger partial charge is 0.484 e. The molecule has 2 rings (SSSR count). The van der Waals surface area contributed by atoms with Crippen LogP contribution in [-0.2, 0) is 9.59 Å². The van der Waals surface area contributed by atoms with E-state index in [4.69, 9.17) is 10.5 Å². The normalized spacial score (nSPS) is 18.3. The molecular formula is C16H22N2O3. The molecule has 1 fully saturated rings. The summed E-state index contributed by atoms with van der Waals surface area (Å²) in [5.74, 6) is 0.234. The van der Waals surface area contributed by atoms with E-state index >= 15 is 0 Å². The Hall–Kier alpha value is -2.04. The van der Waals surface area contributed by atoms with Crippen molar-refractivity contribution < 1.29 is 14.3 Å². The van der Waals surface area contributed by atoms with E-state index in [2.05, 4.69) is 0 Å². The quantitative estimate of drug-likeness (QED) is 0.895. The summed E-state index contributed by atoms with van der Waals surface area (Å²) in [6, 6.07) is 7.50. The van der Waals surface area contributed by atoms with Crippen LogP contribution >= 0.6 is 0 Å². The lowest BCUT2D eigenvalue weighted by molar-refractivity contribution is -0.138. The number of piperidine rings is 1. The zero-order chi connectivity index (χ0) is 15.2. The summed E-state index contributed by atoms with van der Waals surface area (Å²) < 4.78 is 5.52. The molecule has 1 aliphatic heterocycles. The summed E-state index contributed by atoms with van der Waals surface area (Å²) >= 11 is 0. The summed E-state index contributed by atoms with van der Waals surface area (Å²) in [4.78, 5) is 25.1. The summed E-state index contributed by atoms with van der Waals surface area (Å²) in [6.07, 6.45) is 3.06. The van der Waals surface area contributed by atoms with Crippen LogP contribution in [0.5, 0.6) is 5.75 Å². The molecule has 1 aliphatic rings. The van der Waals surface area contributed by atoms with Gasteiger partial charge in [-0.3, -0.25) is 9.59 Å². The van der Waals surface area contributed by atoms with Crippen LogP contribution in [0.15, 0.2) is 24.3 Å². The van der Waals surface area contributed by atoms with Gasteiger partial charge in [-0.15, -0.1) is 0 Å². The molecule has 0 spiro atoms. The number of hydrogen-bond donors (Lipinski definition) is 1. The molecule has 5 nitrogen and oxygen atoms in total. The molecule has 21 heavy (non-hydrogen) atoms. The minimum Gasteiger partial charge on any atom is -0.484 e. The fourth-order valence-electron chi connectivity index (χ4n) is 2.64. The van der Waals surface area contributed by atoms with Crippen LogP contribution in [0.1, 0.15) is 31.2 Å². The fourth-order valence-corrected chi connectivity index (χ4v) is 2.64. The highest BCUT2D eigenvalue weighted by Crippen LogP contribution is 2.20. The third-order valence-electron chi connectivity index (χ3n) is 3.77. The van der Waals surface area contributed by atoms with Gasteiger partial charge in [0.2, 0.25) is 5.91 Å². The Morgan fingerprint density at radius 2 is 2.00 bits per heavy atom. The third-order valence-corrected chi connectivity index (χ3v) is 3.77. The summed E-state index contributed by atoms with van der Waals surface area (Å²) in [5, 5.41) is 0. The van der Waals surface area contributed by atoms with Crippen molar-refractivity contribution >= 4 is 11.8 Å². The van der Waals surface area contributed by atoms with Crippen LogP contribution in [0, 0.1) is 6.92 Å². The maximum absolute atomic E-state index is 12.3. The van der Waals surface area contributed by atoms with Gasteiger partial charge in [0.1, 0.15) is 5.75 Å². The molecule has 0 radical (unpaired) electrons. The predicted molar refractivity (Wildman–Crippen MR) is 79.8 cm³/mol. The van der Waals surface area contributed by atoms with Crippen molar-refractivity contribution in [2.45, 2.75) is 38.6 Å². The molecule has 2 amide bonds. The van der Waals surface area contributed by atoms with Crippen molar-refractivity contribution in [3.05, 3.63) is 29.8 Å². The second kappa shape index (κ2) is 7.11. The van der Waals surface area contributed by atoms with Gasteiger partial charge >= 0.3 is 0 Å². The maximum atomic E-state index is 12.3. The highest BCUT2D eigenvalue weighted by molar-refractivity contribution is 5.80. The monoisotopic (exact) mass is 290 g/mol. The van der Waals surface area contributed by atoms with E-state index in [1.807, 2.05) is 31.2 Å². The molecule has 1 heterocycles. The zero-order valence-corrected chi connectivity index (χ0v) is 12.4. The average molecular weight is 290 g/mol. The number of rotatable bonds is 5. The van der Waals surface area contributed by atoms with Crippen LogP contribution in [0.25, 0.3) is 0 Å². The van der Waals surface area contributed by atoms with Gasteiger partial charge in [0.25, 0.3) is 5.91 Å². The standard InChI is InChI=1S/C16H22N2O3/c1-12-5-7-14(8-6-12)21-11-16(20)18-9-3-2-4-13(18)10-15(17)19/h5-8,13H,2-4,9-11H2,1H3,(H2,17,19). The number of hydrogen-bond acceptors (Lipinski definition) is 3. The highest BCUT2D eigenvalue weighted by atomic mass is 16.5. The molecule has 114 valence electrons. The van der Waals surface area contributed by atoms with Crippen LogP contribution in [0.4, 0.5) is 0 Å². The van der Waals surface area contributed by atoms with E-state index in [-0.39, 0.29) is 30.9 Å². The summed E-state index contributed by atoms with van der Waals surface area (Å²) in [7, 11) is 0. The van der Waals surface area contributed by atoms with Crippen molar-refractivity contribution in [1.29, 1.82) is 0 Å². The Morgan fingerprint density at radius 3 is 2.67 bits per heavy atom. The Labute approximate surface area is 125 Å². The third kappa shape index (κ3) is 4.48.